The maximum absolute atomic E-state index is 6.33. The highest BCUT2D eigenvalue weighted by Gasteiger charge is 2.40. The van der Waals surface area contributed by atoms with Crippen molar-refractivity contribution < 1.29 is 9.57 Å². The van der Waals surface area contributed by atoms with Gasteiger partial charge in [-0.05, 0) is 51.9 Å². The molecule has 5 heteroatoms. The van der Waals surface area contributed by atoms with Crippen LogP contribution in [0.5, 0.6) is 0 Å². The second-order valence-corrected chi connectivity index (χ2v) is 6.83. The van der Waals surface area contributed by atoms with Crippen molar-refractivity contribution in [3.8, 4) is 0 Å². The first-order valence-corrected chi connectivity index (χ1v) is 8.22. The van der Waals surface area contributed by atoms with Crippen molar-refractivity contribution in [1.29, 1.82) is 0 Å². The van der Waals surface area contributed by atoms with Gasteiger partial charge in [0.05, 0.1) is 12.7 Å². The standard InChI is InChI=1S/C15H29N3O2/c1-15(5-7-16-8-6-15)14-17-19-12-13(20-14)11-18-9-3-2-4-10-18/h13-14,16-17H,2-12H2,1H3. The normalized spacial score (nSPS) is 35.9. The Morgan fingerprint density at radius 3 is 2.65 bits per heavy atom. The van der Waals surface area contributed by atoms with Gasteiger partial charge >= 0.3 is 0 Å². The fraction of sp³-hybridized carbons (Fsp3) is 1.00. The van der Waals surface area contributed by atoms with Crippen LogP contribution in [0.25, 0.3) is 0 Å². The highest BCUT2D eigenvalue weighted by molar-refractivity contribution is 4.87. The van der Waals surface area contributed by atoms with Gasteiger partial charge in [-0.1, -0.05) is 13.3 Å². The number of nitrogens with zero attached hydrogens (tertiary/aromatic N) is 1. The van der Waals surface area contributed by atoms with Crippen LogP contribution < -0.4 is 10.8 Å². The predicted octanol–water partition coefficient (Wildman–Crippen LogP) is 1.11. The van der Waals surface area contributed by atoms with E-state index in [0.29, 0.717) is 6.61 Å². The van der Waals surface area contributed by atoms with Gasteiger partial charge in [0.15, 0.2) is 0 Å². The molecule has 3 saturated heterocycles. The second-order valence-electron chi connectivity index (χ2n) is 6.83. The van der Waals surface area contributed by atoms with Crippen molar-refractivity contribution in [2.75, 3.05) is 39.3 Å². The molecule has 0 saturated carbocycles. The van der Waals surface area contributed by atoms with Crippen molar-refractivity contribution in [2.24, 2.45) is 5.41 Å². The smallest absolute Gasteiger partial charge is 0.136 e. The van der Waals surface area contributed by atoms with Gasteiger partial charge in [0.25, 0.3) is 0 Å². The lowest BCUT2D eigenvalue weighted by molar-refractivity contribution is -0.238. The fourth-order valence-electron chi connectivity index (χ4n) is 3.57. The molecular weight excluding hydrogens is 254 g/mol. The number of hydrogen-bond acceptors (Lipinski definition) is 5. The van der Waals surface area contributed by atoms with Gasteiger partial charge in [0.2, 0.25) is 0 Å². The van der Waals surface area contributed by atoms with Crippen LogP contribution in [0.1, 0.15) is 39.0 Å². The summed E-state index contributed by atoms with van der Waals surface area (Å²) >= 11 is 0. The Hall–Kier alpha value is -0.200. The molecule has 0 aromatic heterocycles. The van der Waals surface area contributed by atoms with Gasteiger partial charge in [0, 0.05) is 12.0 Å². The Bertz CT molecular complexity index is 301. The average Bonchev–Trinajstić information content (AvgIpc) is 2.49. The molecule has 3 heterocycles. The van der Waals surface area contributed by atoms with Crippen LogP contribution in [-0.2, 0) is 9.57 Å². The number of ether oxygens (including phenoxy) is 1. The molecule has 0 spiro atoms. The Kier molecular flexibility index (Phi) is 4.94. The molecule has 20 heavy (non-hydrogen) atoms. The van der Waals surface area contributed by atoms with E-state index in [9.17, 15) is 0 Å². The molecule has 2 N–H and O–H groups in total. The summed E-state index contributed by atoms with van der Waals surface area (Å²) in [5.74, 6) is 0. The lowest BCUT2D eigenvalue weighted by atomic mass is 9.79. The molecule has 0 aromatic rings. The van der Waals surface area contributed by atoms with E-state index in [1.165, 1.54) is 32.4 Å². The lowest BCUT2D eigenvalue weighted by Crippen LogP contribution is -2.57. The van der Waals surface area contributed by atoms with Crippen LogP contribution in [-0.4, -0.2) is 56.6 Å². The quantitative estimate of drug-likeness (QED) is 0.812. The van der Waals surface area contributed by atoms with Crippen LogP contribution in [0.2, 0.25) is 0 Å². The number of hydrogen-bond donors (Lipinski definition) is 2. The number of nitrogens with one attached hydrogen (secondary N) is 2. The summed E-state index contributed by atoms with van der Waals surface area (Å²) < 4.78 is 6.33. The first-order valence-electron chi connectivity index (χ1n) is 8.22. The predicted molar refractivity (Wildman–Crippen MR) is 78.3 cm³/mol. The van der Waals surface area contributed by atoms with E-state index in [2.05, 4.69) is 22.6 Å². The largest absolute Gasteiger partial charge is 0.354 e. The molecule has 2 unspecified atom stereocenters. The Morgan fingerprint density at radius 2 is 1.90 bits per heavy atom. The monoisotopic (exact) mass is 283 g/mol. The van der Waals surface area contributed by atoms with E-state index in [-0.39, 0.29) is 17.7 Å². The first kappa shape index (κ1) is 14.7. The summed E-state index contributed by atoms with van der Waals surface area (Å²) in [5, 5.41) is 3.42. The molecule has 0 aromatic carbocycles. The van der Waals surface area contributed by atoms with Crippen LogP contribution >= 0.6 is 0 Å². The van der Waals surface area contributed by atoms with E-state index >= 15 is 0 Å². The van der Waals surface area contributed by atoms with Gasteiger partial charge in [-0.2, -0.15) is 5.48 Å². The average molecular weight is 283 g/mol. The summed E-state index contributed by atoms with van der Waals surface area (Å²) in [6.07, 6.45) is 6.58. The highest BCUT2D eigenvalue weighted by atomic mass is 16.7. The molecule has 3 aliphatic rings. The summed E-state index contributed by atoms with van der Waals surface area (Å²) in [4.78, 5) is 8.17. The molecule has 0 aliphatic carbocycles. The van der Waals surface area contributed by atoms with Crippen molar-refractivity contribution in [2.45, 2.75) is 51.4 Å². The van der Waals surface area contributed by atoms with Gasteiger partial charge in [-0.3, -0.25) is 4.84 Å². The van der Waals surface area contributed by atoms with Gasteiger partial charge in [-0.15, -0.1) is 0 Å². The number of piperidine rings is 2. The zero-order valence-corrected chi connectivity index (χ0v) is 12.7. The Balaban J connectivity index is 1.52. The summed E-state index contributed by atoms with van der Waals surface area (Å²) in [6, 6.07) is 0. The minimum Gasteiger partial charge on any atom is -0.354 e. The van der Waals surface area contributed by atoms with Gasteiger partial charge in [-0.25, -0.2) is 0 Å². The summed E-state index contributed by atoms with van der Waals surface area (Å²) in [6.45, 7) is 8.61. The number of likely N-dealkylation sites (tertiary alicyclic amines) is 1. The number of hydroxylamine groups is 1. The summed E-state index contributed by atoms with van der Waals surface area (Å²) in [7, 11) is 0. The molecular formula is C15H29N3O2. The van der Waals surface area contributed by atoms with Crippen LogP contribution in [0.15, 0.2) is 0 Å². The van der Waals surface area contributed by atoms with E-state index in [1.807, 2.05) is 0 Å². The molecule has 0 bridgehead atoms. The van der Waals surface area contributed by atoms with Crippen molar-refractivity contribution >= 4 is 0 Å². The zero-order valence-electron chi connectivity index (χ0n) is 12.7. The second kappa shape index (κ2) is 6.71. The molecule has 0 amide bonds. The minimum atomic E-state index is 0.0353. The van der Waals surface area contributed by atoms with Gasteiger partial charge < -0.3 is 15.0 Å². The maximum atomic E-state index is 6.33. The third kappa shape index (κ3) is 3.52. The van der Waals surface area contributed by atoms with Crippen LogP contribution in [0, 0.1) is 5.41 Å². The molecule has 0 radical (unpaired) electrons. The van der Waals surface area contributed by atoms with Crippen molar-refractivity contribution in [3.63, 3.8) is 0 Å². The molecule has 3 rings (SSSR count). The van der Waals surface area contributed by atoms with Crippen molar-refractivity contribution in [3.05, 3.63) is 0 Å². The van der Waals surface area contributed by atoms with Crippen LogP contribution in [0.4, 0.5) is 0 Å². The van der Waals surface area contributed by atoms with Crippen molar-refractivity contribution in [1.82, 2.24) is 15.7 Å². The Labute approximate surface area is 122 Å². The molecule has 3 aliphatic heterocycles. The van der Waals surface area contributed by atoms with Gasteiger partial charge in [0.1, 0.15) is 6.23 Å². The third-order valence-electron chi connectivity index (χ3n) is 5.08. The zero-order chi connectivity index (χ0) is 13.8. The SMILES string of the molecule is CC1(C2NOCC(CN3CCCCC3)O2)CCNCC1. The van der Waals surface area contributed by atoms with E-state index in [1.54, 1.807) is 0 Å². The van der Waals surface area contributed by atoms with Crippen LogP contribution in [0.3, 0.4) is 0 Å². The molecule has 5 nitrogen and oxygen atoms in total. The highest BCUT2D eigenvalue weighted by Crippen LogP contribution is 2.34. The third-order valence-corrected chi connectivity index (χ3v) is 5.08. The minimum absolute atomic E-state index is 0.0353. The summed E-state index contributed by atoms with van der Waals surface area (Å²) in [5.41, 5.74) is 3.31. The number of rotatable bonds is 3. The molecule has 116 valence electrons. The van der Waals surface area contributed by atoms with E-state index in [0.717, 1.165) is 32.5 Å². The first-order chi connectivity index (χ1) is 9.76. The van der Waals surface area contributed by atoms with E-state index < -0.39 is 0 Å². The Morgan fingerprint density at radius 1 is 1.15 bits per heavy atom. The lowest BCUT2D eigenvalue weighted by Gasteiger charge is -2.45. The van der Waals surface area contributed by atoms with E-state index in [4.69, 9.17) is 9.57 Å². The maximum Gasteiger partial charge on any atom is 0.136 e. The fourth-order valence-corrected chi connectivity index (χ4v) is 3.57. The topological polar surface area (TPSA) is 45.8 Å². The molecule has 3 fully saturated rings. The molecule has 2 atom stereocenters.